The topological polar surface area (TPSA) is 89.0 Å². The smallest absolute Gasteiger partial charge is 0.295 e. The van der Waals surface area contributed by atoms with Crippen molar-refractivity contribution in [1.29, 1.82) is 0 Å². The Bertz CT molecular complexity index is 1260. The molecule has 1 N–H and O–H groups in total. The van der Waals surface area contributed by atoms with Crippen molar-refractivity contribution in [1.82, 2.24) is 9.88 Å². The maximum absolute atomic E-state index is 13.4. The van der Waals surface area contributed by atoms with Gasteiger partial charge in [-0.15, -0.1) is 0 Å². The number of amides is 1. The van der Waals surface area contributed by atoms with Crippen molar-refractivity contribution in [2.24, 2.45) is 0 Å². The summed E-state index contributed by atoms with van der Waals surface area (Å²) in [6.45, 7) is 0.852. The molecule has 7 nitrogen and oxygen atoms in total. The lowest BCUT2D eigenvalue weighted by atomic mass is 9.96. The van der Waals surface area contributed by atoms with Crippen molar-refractivity contribution < 1.29 is 28.6 Å². The van der Waals surface area contributed by atoms with E-state index >= 15 is 0 Å². The number of benzene rings is 2. The Labute approximate surface area is 188 Å². The number of hydrogen-bond donors (Lipinski definition) is 1. The van der Waals surface area contributed by atoms with Gasteiger partial charge in [0.2, 0.25) is 0 Å². The van der Waals surface area contributed by atoms with Crippen molar-refractivity contribution in [3.8, 4) is 11.5 Å². The summed E-state index contributed by atoms with van der Waals surface area (Å²) in [7, 11) is 0. The highest BCUT2D eigenvalue weighted by Gasteiger charge is 2.46. The number of rotatable bonds is 4. The van der Waals surface area contributed by atoms with Crippen LogP contribution in [-0.2, 0) is 16.1 Å². The molecule has 2 aromatic carbocycles. The van der Waals surface area contributed by atoms with Crippen LogP contribution in [-0.4, -0.2) is 39.9 Å². The maximum atomic E-state index is 13.4. The van der Waals surface area contributed by atoms with Crippen LogP contribution in [0.3, 0.4) is 0 Å². The van der Waals surface area contributed by atoms with Crippen LogP contribution < -0.4 is 9.47 Å². The molecule has 166 valence electrons. The quantitative estimate of drug-likeness (QED) is 0.374. The molecule has 0 bridgehead atoms. The van der Waals surface area contributed by atoms with E-state index in [1.54, 1.807) is 54.9 Å². The maximum Gasteiger partial charge on any atom is 0.295 e. The number of Topliss-reactive ketones (excluding diaryl/α,β-unsaturated/α-hetero) is 1. The molecule has 0 spiro atoms. The predicted octanol–water partition coefficient (Wildman–Crippen LogP) is 3.61. The van der Waals surface area contributed by atoms with Crippen LogP contribution in [0.5, 0.6) is 11.5 Å². The number of carbonyl (C=O) groups is 2. The largest absolute Gasteiger partial charge is 0.507 e. The van der Waals surface area contributed by atoms with Gasteiger partial charge in [0.1, 0.15) is 24.8 Å². The van der Waals surface area contributed by atoms with Gasteiger partial charge in [0.25, 0.3) is 11.7 Å². The zero-order valence-electron chi connectivity index (χ0n) is 17.4. The summed E-state index contributed by atoms with van der Waals surface area (Å²) in [5, 5.41) is 11.2. The highest BCUT2D eigenvalue weighted by molar-refractivity contribution is 6.46. The SMILES string of the molecule is O=C1C(=O)N(Cc2ccc(F)cc2)C(c2cccnc2)/C1=C(/O)c1ccc2c(c1)OCCO2. The summed E-state index contributed by atoms with van der Waals surface area (Å²) in [4.78, 5) is 31.6. The van der Waals surface area contributed by atoms with Gasteiger partial charge in [0, 0.05) is 24.5 Å². The number of ketones is 1. The average Bonchev–Trinajstić information content (AvgIpc) is 3.10. The van der Waals surface area contributed by atoms with Crippen molar-refractivity contribution in [2.45, 2.75) is 12.6 Å². The molecule has 1 unspecified atom stereocenters. The molecule has 2 aliphatic heterocycles. The summed E-state index contributed by atoms with van der Waals surface area (Å²) in [5.74, 6) is -1.29. The first-order valence-corrected chi connectivity index (χ1v) is 10.4. The highest BCUT2D eigenvalue weighted by Crippen LogP contribution is 2.41. The van der Waals surface area contributed by atoms with E-state index < -0.39 is 23.5 Å². The average molecular weight is 446 g/mol. The number of nitrogens with zero attached hydrogens (tertiary/aromatic N) is 2. The molecule has 1 amide bonds. The number of carbonyl (C=O) groups excluding carboxylic acids is 2. The minimum Gasteiger partial charge on any atom is -0.507 e. The van der Waals surface area contributed by atoms with E-state index in [9.17, 15) is 19.1 Å². The third kappa shape index (κ3) is 3.80. The van der Waals surface area contributed by atoms with Gasteiger partial charge in [-0.3, -0.25) is 14.6 Å². The minimum absolute atomic E-state index is 0.0493. The summed E-state index contributed by atoms with van der Waals surface area (Å²) in [6.07, 6.45) is 3.13. The van der Waals surface area contributed by atoms with Crippen molar-refractivity contribution in [3.63, 3.8) is 0 Å². The third-order valence-corrected chi connectivity index (χ3v) is 5.62. The second-order valence-electron chi connectivity index (χ2n) is 7.70. The number of aromatic nitrogens is 1. The first kappa shape index (κ1) is 20.7. The summed E-state index contributed by atoms with van der Waals surface area (Å²) < 4.78 is 24.5. The fourth-order valence-corrected chi connectivity index (χ4v) is 4.06. The number of aliphatic hydroxyl groups excluding tert-OH is 1. The van der Waals surface area contributed by atoms with E-state index in [-0.39, 0.29) is 17.9 Å². The summed E-state index contributed by atoms with van der Waals surface area (Å²) in [6, 6.07) is 13.1. The Hall–Kier alpha value is -4.20. The number of hydrogen-bond acceptors (Lipinski definition) is 6. The van der Waals surface area contributed by atoms with E-state index in [2.05, 4.69) is 4.98 Å². The zero-order chi connectivity index (χ0) is 22.9. The van der Waals surface area contributed by atoms with Gasteiger partial charge < -0.3 is 19.5 Å². The monoisotopic (exact) mass is 446 g/mol. The lowest BCUT2D eigenvalue weighted by Gasteiger charge is -2.25. The molecule has 5 rings (SSSR count). The Morgan fingerprint density at radius 3 is 2.55 bits per heavy atom. The third-order valence-electron chi connectivity index (χ3n) is 5.62. The standard InChI is InChI=1S/C25H19FN2O5/c26-18-6-3-15(4-7-18)14-28-22(17-2-1-9-27-13-17)21(24(30)25(28)31)23(29)16-5-8-19-20(12-16)33-11-10-32-19/h1-9,12-13,22,29H,10-11,14H2/b23-21-. The Kier molecular flexibility index (Phi) is 5.26. The second kappa shape index (κ2) is 8.38. The van der Waals surface area contributed by atoms with E-state index in [4.69, 9.17) is 9.47 Å². The molecule has 0 aliphatic carbocycles. The van der Waals surface area contributed by atoms with Gasteiger partial charge in [0.15, 0.2) is 11.5 Å². The predicted molar refractivity (Wildman–Crippen MR) is 116 cm³/mol. The number of likely N-dealkylation sites (tertiary alicyclic amines) is 1. The van der Waals surface area contributed by atoms with E-state index in [1.807, 2.05) is 0 Å². The first-order chi connectivity index (χ1) is 16.0. The molecular weight excluding hydrogens is 427 g/mol. The molecule has 0 radical (unpaired) electrons. The Morgan fingerprint density at radius 1 is 1.06 bits per heavy atom. The molecule has 1 aromatic heterocycles. The molecule has 3 heterocycles. The summed E-state index contributed by atoms with van der Waals surface area (Å²) in [5.41, 5.74) is 1.49. The summed E-state index contributed by atoms with van der Waals surface area (Å²) >= 11 is 0. The van der Waals surface area contributed by atoms with Crippen LogP contribution in [0.25, 0.3) is 5.76 Å². The Morgan fingerprint density at radius 2 is 1.82 bits per heavy atom. The van der Waals surface area contributed by atoms with E-state index in [0.29, 0.717) is 41.4 Å². The van der Waals surface area contributed by atoms with Gasteiger partial charge in [-0.25, -0.2) is 4.39 Å². The number of aliphatic hydroxyl groups is 1. The fourth-order valence-electron chi connectivity index (χ4n) is 4.06. The molecule has 8 heteroatoms. The molecular formula is C25H19FN2O5. The molecule has 1 atom stereocenters. The normalized spacial score (nSPS) is 19.1. The lowest BCUT2D eigenvalue weighted by molar-refractivity contribution is -0.140. The van der Waals surface area contributed by atoms with Crippen LogP contribution in [0.4, 0.5) is 4.39 Å². The van der Waals surface area contributed by atoms with Gasteiger partial charge in [0.05, 0.1) is 11.6 Å². The highest BCUT2D eigenvalue weighted by atomic mass is 19.1. The number of fused-ring (bicyclic) bond motifs is 1. The van der Waals surface area contributed by atoms with Crippen molar-refractivity contribution >= 4 is 17.4 Å². The van der Waals surface area contributed by atoms with Gasteiger partial charge >= 0.3 is 0 Å². The molecule has 1 fully saturated rings. The molecule has 0 saturated carbocycles. The van der Waals surface area contributed by atoms with Gasteiger partial charge in [-0.1, -0.05) is 18.2 Å². The van der Waals surface area contributed by atoms with Crippen LogP contribution in [0.15, 0.2) is 72.6 Å². The number of halogens is 1. The molecule has 2 aliphatic rings. The van der Waals surface area contributed by atoms with Crippen LogP contribution in [0.1, 0.15) is 22.7 Å². The first-order valence-electron chi connectivity index (χ1n) is 10.4. The van der Waals surface area contributed by atoms with E-state index in [0.717, 1.165) is 0 Å². The van der Waals surface area contributed by atoms with Crippen molar-refractivity contribution in [2.75, 3.05) is 13.2 Å². The Balaban J connectivity index is 1.61. The number of pyridine rings is 1. The van der Waals surface area contributed by atoms with E-state index in [1.165, 1.54) is 17.0 Å². The van der Waals surface area contributed by atoms with Gasteiger partial charge in [-0.2, -0.15) is 0 Å². The fraction of sp³-hybridized carbons (Fsp3) is 0.160. The molecule has 1 saturated heterocycles. The minimum atomic E-state index is -0.864. The molecule has 33 heavy (non-hydrogen) atoms. The lowest BCUT2D eigenvalue weighted by Crippen LogP contribution is -2.29. The van der Waals surface area contributed by atoms with Crippen molar-refractivity contribution in [3.05, 3.63) is 95.1 Å². The number of ether oxygens (including phenoxy) is 2. The van der Waals surface area contributed by atoms with Crippen LogP contribution in [0, 0.1) is 5.82 Å². The molecule has 3 aromatic rings. The van der Waals surface area contributed by atoms with Crippen LogP contribution >= 0.6 is 0 Å². The second-order valence-corrected chi connectivity index (χ2v) is 7.70. The zero-order valence-corrected chi connectivity index (χ0v) is 17.4. The van der Waals surface area contributed by atoms with Crippen LogP contribution in [0.2, 0.25) is 0 Å². The van der Waals surface area contributed by atoms with Gasteiger partial charge in [-0.05, 0) is 47.5 Å².